The lowest BCUT2D eigenvalue weighted by atomic mass is 9.92. The van der Waals surface area contributed by atoms with Crippen molar-refractivity contribution in [2.24, 2.45) is 0 Å². The van der Waals surface area contributed by atoms with Crippen LogP contribution in [0.3, 0.4) is 0 Å². The second kappa shape index (κ2) is 9.06. The Morgan fingerprint density at radius 1 is 1.10 bits per heavy atom. The largest absolute Gasteiger partial charge is 0.489 e. The molecule has 2 heterocycles. The number of hydrogen-bond acceptors (Lipinski definition) is 6. The Labute approximate surface area is 177 Å². The number of aromatic nitrogens is 2. The monoisotopic (exact) mass is 413 g/mol. The summed E-state index contributed by atoms with van der Waals surface area (Å²) < 4.78 is 17.3. The molecule has 2 aliphatic carbocycles. The molecule has 2 aromatic heterocycles. The Morgan fingerprint density at radius 2 is 1.87 bits per heavy atom. The lowest BCUT2D eigenvalue weighted by Gasteiger charge is -2.33. The number of pyridine rings is 1. The van der Waals surface area contributed by atoms with Gasteiger partial charge in [-0.3, -0.25) is 0 Å². The van der Waals surface area contributed by atoms with Gasteiger partial charge in [0.1, 0.15) is 18.1 Å². The minimum Gasteiger partial charge on any atom is -0.489 e. The van der Waals surface area contributed by atoms with Crippen LogP contribution in [0, 0.1) is 13.8 Å². The first-order chi connectivity index (χ1) is 14.5. The van der Waals surface area contributed by atoms with E-state index in [1.54, 1.807) is 11.9 Å². The van der Waals surface area contributed by atoms with E-state index < -0.39 is 0 Å². The van der Waals surface area contributed by atoms with Gasteiger partial charge >= 0.3 is 6.09 Å². The minimum absolute atomic E-state index is 0.113. The van der Waals surface area contributed by atoms with Crippen molar-refractivity contribution < 1.29 is 18.8 Å². The van der Waals surface area contributed by atoms with E-state index in [2.05, 4.69) is 10.1 Å². The first kappa shape index (κ1) is 20.7. The van der Waals surface area contributed by atoms with E-state index in [1.807, 2.05) is 26.0 Å². The standard InChI is InChI=1S/C23H31N3O4/c1-15-19(14-28-23(27)26(3)17-8-7-9-17)22(30-25-15)20-12-13-21(16(2)24-20)29-18-10-5-4-6-11-18/h12-13,17-18H,4-11,14H2,1-3H3. The number of nitrogens with zero attached hydrogens (tertiary/aromatic N) is 3. The Hall–Kier alpha value is -2.57. The van der Waals surface area contributed by atoms with Crippen molar-refractivity contribution in [2.45, 2.75) is 84.0 Å². The summed E-state index contributed by atoms with van der Waals surface area (Å²) in [4.78, 5) is 18.7. The van der Waals surface area contributed by atoms with Crippen LogP contribution >= 0.6 is 0 Å². The van der Waals surface area contributed by atoms with Crippen LogP contribution < -0.4 is 4.74 Å². The number of aryl methyl sites for hydroxylation is 2. The van der Waals surface area contributed by atoms with Gasteiger partial charge in [-0.1, -0.05) is 11.6 Å². The zero-order chi connectivity index (χ0) is 21.1. The first-order valence-corrected chi connectivity index (χ1v) is 11.0. The smallest absolute Gasteiger partial charge is 0.410 e. The maximum Gasteiger partial charge on any atom is 0.410 e. The normalized spacial score (nSPS) is 17.4. The summed E-state index contributed by atoms with van der Waals surface area (Å²) >= 11 is 0. The van der Waals surface area contributed by atoms with Gasteiger partial charge in [-0.2, -0.15) is 0 Å². The van der Waals surface area contributed by atoms with Crippen LogP contribution in [0.4, 0.5) is 4.79 Å². The Kier molecular flexibility index (Phi) is 6.25. The fourth-order valence-corrected chi connectivity index (χ4v) is 4.08. The van der Waals surface area contributed by atoms with Gasteiger partial charge in [-0.25, -0.2) is 9.78 Å². The average Bonchev–Trinajstić information content (AvgIpc) is 3.07. The lowest BCUT2D eigenvalue weighted by molar-refractivity contribution is 0.0749. The molecule has 162 valence electrons. The Bertz CT molecular complexity index is 885. The molecule has 2 aromatic rings. The maximum atomic E-state index is 12.3. The molecular weight excluding hydrogens is 382 g/mol. The van der Waals surface area contributed by atoms with Crippen LogP contribution in [0.15, 0.2) is 16.7 Å². The summed E-state index contributed by atoms with van der Waals surface area (Å²) in [5.74, 6) is 1.36. The molecule has 30 heavy (non-hydrogen) atoms. The summed E-state index contributed by atoms with van der Waals surface area (Å²) in [6.45, 7) is 3.90. The topological polar surface area (TPSA) is 77.7 Å². The molecule has 0 aromatic carbocycles. The van der Waals surface area contributed by atoms with Crippen molar-refractivity contribution >= 4 is 6.09 Å². The van der Waals surface area contributed by atoms with Crippen molar-refractivity contribution in [3.05, 3.63) is 29.1 Å². The molecule has 7 heteroatoms. The molecule has 0 unspecified atom stereocenters. The van der Waals surface area contributed by atoms with E-state index in [0.29, 0.717) is 23.2 Å². The summed E-state index contributed by atoms with van der Waals surface area (Å²) in [5, 5.41) is 4.07. The molecule has 0 bridgehead atoms. The van der Waals surface area contributed by atoms with Crippen molar-refractivity contribution in [3.63, 3.8) is 0 Å². The van der Waals surface area contributed by atoms with E-state index in [9.17, 15) is 4.79 Å². The molecule has 0 aliphatic heterocycles. The Balaban J connectivity index is 1.45. The second-order valence-corrected chi connectivity index (χ2v) is 8.48. The molecule has 0 spiro atoms. The van der Waals surface area contributed by atoms with E-state index >= 15 is 0 Å². The molecule has 2 saturated carbocycles. The minimum atomic E-state index is -0.313. The summed E-state index contributed by atoms with van der Waals surface area (Å²) in [6, 6.07) is 4.13. The van der Waals surface area contributed by atoms with Crippen LogP contribution in [0.1, 0.15) is 68.3 Å². The molecule has 7 nitrogen and oxygen atoms in total. The molecule has 0 radical (unpaired) electrons. The van der Waals surface area contributed by atoms with Gasteiger partial charge in [-0.15, -0.1) is 0 Å². The molecule has 0 atom stereocenters. The quantitative estimate of drug-likeness (QED) is 0.649. The average molecular weight is 414 g/mol. The number of rotatable bonds is 6. The van der Waals surface area contributed by atoms with Gasteiger partial charge < -0.3 is 18.9 Å². The highest BCUT2D eigenvalue weighted by Gasteiger charge is 2.27. The van der Waals surface area contributed by atoms with E-state index in [0.717, 1.165) is 42.7 Å². The van der Waals surface area contributed by atoms with Gasteiger partial charge in [0.05, 0.1) is 23.1 Å². The van der Waals surface area contributed by atoms with Crippen molar-refractivity contribution in [1.82, 2.24) is 15.0 Å². The van der Waals surface area contributed by atoms with Gasteiger partial charge in [0, 0.05) is 13.1 Å². The molecule has 0 N–H and O–H groups in total. The van der Waals surface area contributed by atoms with Gasteiger partial charge in [-0.05, 0) is 70.9 Å². The van der Waals surface area contributed by atoms with Gasteiger partial charge in [0.2, 0.25) is 0 Å². The first-order valence-electron chi connectivity index (χ1n) is 11.0. The number of hydrogen-bond donors (Lipinski definition) is 0. The van der Waals surface area contributed by atoms with Crippen molar-refractivity contribution in [3.8, 4) is 17.2 Å². The fourth-order valence-electron chi connectivity index (χ4n) is 4.08. The zero-order valence-electron chi connectivity index (χ0n) is 18.1. The van der Waals surface area contributed by atoms with E-state index in [4.69, 9.17) is 14.0 Å². The van der Waals surface area contributed by atoms with Crippen LogP contribution in [-0.4, -0.2) is 40.3 Å². The van der Waals surface area contributed by atoms with Gasteiger partial charge in [0.15, 0.2) is 5.76 Å². The highest BCUT2D eigenvalue weighted by molar-refractivity contribution is 5.68. The molecule has 4 rings (SSSR count). The van der Waals surface area contributed by atoms with E-state index in [1.165, 1.54) is 25.7 Å². The third kappa shape index (κ3) is 4.45. The number of carbonyl (C=O) groups excluding carboxylic acids is 1. The zero-order valence-corrected chi connectivity index (χ0v) is 18.1. The van der Waals surface area contributed by atoms with Crippen LogP contribution in [0.25, 0.3) is 11.5 Å². The SMILES string of the molecule is Cc1nc(-c2onc(C)c2COC(=O)N(C)C2CCC2)ccc1OC1CCCCC1. The third-order valence-electron chi connectivity index (χ3n) is 6.35. The number of amides is 1. The highest BCUT2D eigenvalue weighted by atomic mass is 16.6. The van der Waals surface area contributed by atoms with Crippen molar-refractivity contribution in [1.29, 1.82) is 0 Å². The summed E-state index contributed by atoms with van der Waals surface area (Å²) in [5.41, 5.74) is 2.94. The molecule has 2 aliphatic rings. The lowest BCUT2D eigenvalue weighted by Crippen LogP contribution is -2.41. The number of carbonyl (C=O) groups is 1. The molecule has 1 amide bonds. The second-order valence-electron chi connectivity index (χ2n) is 8.48. The fraction of sp³-hybridized carbons (Fsp3) is 0.609. The molecular formula is C23H31N3O4. The summed E-state index contributed by atoms with van der Waals surface area (Å²) in [6.07, 6.45) is 9.18. The van der Waals surface area contributed by atoms with Crippen LogP contribution in [-0.2, 0) is 11.3 Å². The van der Waals surface area contributed by atoms with E-state index in [-0.39, 0.29) is 18.8 Å². The molecule has 2 fully saturated rings. The highest BCUT2D eigenvalue weighted by Crippen LogP contribution is 2.30. The Morgan fingerprint density at radius 3 is 2.53 bits per heavy atom. The summed E-state index contributed by atoms with van der Waals surface area (Å²) in [7, 11) is 1.80. The predicted molar refractivity (Wildman–Crippen MR) is 112 cm³/mol. The number of ether oxygens (including phenoxy) is 2. The maximum absolute atomic E-state index is 12.3. The van der Waals surface area contributed by atoms with Crippen LogP contribution in [0.5, 0.6) is 5.75 Å². The molecule has 0 saturated heterocycles. The van der Waals surface area contributed by atoms with Crippen molar-refractivity contribution in [2.75, 3.05) is 7.05 Å². The van der Waals surface area contributed by atoms with Gasteiger partial charge in [0.25, 0.3) is 0 Å². The predicted octanol–water partition coefficient (Wildman–Crippen LogP) is 5.19. The van der Waals surface area contributed by atoms with Crippen LogP contribution in [0.2, 0.25) is 0 Å². The third-order valence-corrected chi connectivity index (χ3v) is 6.35.